The van der Waals surface area contributed by atoms with Gasteiger partial charge >= 0.3 is 0 Å². The Labute approximate surface area is 147 Å². The van der Waals surface area contributed by atoms with Gasteiger partial charge in [0.2, 0.25) is 5.91 Å². The molecule has 4 rings (SSSR count). The molecule has 0 spiro atoms. The number of aliphatic hydroxyl groups is 1. The lowest BCUT2D eigenvalue weighted by atomic mass is 9.48. The predicted octanol–water partition coefficient (Wildman–Crippen LogP) is 3.02. The largest absolute Gasteiger partial charge is 0.396 e. The molecule has 1 amide bonds. The van der Waals surface area contributed by atoms with Gasteiger partial charge in [0.05, 0.1) is 13.0 Å². The van der Waals surface area contributed by atoms with Crippen LogP contribution in [0.2, 0.25) is 0 Å². The molecule has 2 fully saturated rings. The summed E-state index contributed by atoms with van der Waals surface area (Å²) in [5, 5.41) is 10.6. The summed E-state index contributed by atoms with van der Waals surface area (Å²) in [5.41, 5.74) is 2.69. The van der Waals surface area contributed by atoms with Crippen LogP contribution in [-0.4, -0.2) is 40.6 Å². The number of H-pyrrole nitrogens is 1. The van der Waals surface area contributed by atoms with Crippen molar-refractivity contribution >= 4 is 16.8 Å². The van der Waals surface area contributed by atoms with Crippen LogP contribution < -0.4 is 0 Å². The quantitative estimate of drug-likeness (QED) is 0.899. The number of hydrogen-bond donors (Lipinski definition) is 2. The summed E-state index contributed by atoms with van der Waals surface area (Å²) < 4.78 is 13.6. The molecule has 4 nitrogen and oxygen atoms in total. The van der Waals surface area contributed by atoms with Gasteiger partial charge in [0.15, 0.2) is 0 Å². The van der Waals surface area contributed by atoms with Crippen molar-refractivity contribution in [2.45, 2.75) is 33.6 Å². The van der Waals surface area contributed by atoms with Crippen LogP contribution in [0.5, 0.6) is 0 Å². The van der Waals surface area contributed by atoms with Crippen molar-refractivity contribution in [1.29, 1.82) is 0 Å². The smallest absolute Gasteiger partial charge is 0.227 e. The Morgan fingerprint density at radius 1 is 1.44 bits per heavy atom. The predicted molar refractivity (Wildman–Crippen MR) is 94.7 cm³/mol. The molecular formula is C20H25FN2O2. The Morgan fingerprint density at radius 3 is 2.84 bits per heavy atom. The molecule has 1 aliphatic carbocycles. The van der Waals surface area contributed by atoms with Gasteiger partial charge in [-0.3, -0.25) is 4.79 Å². The van der Waals surface area contributed by atoms with Gasteiger partial charge in [-0.15, -0.1) is 0 Å². The van der Waals surface area contributed by atoms with Crippen LogP contribution in [0.4, 0.5) is 4.39 Å². The van der Waals surface area contributed by atoms with Crippen LogP contribution >= 0.6 is 0 Å². The molecule has 1 aromatic carbocycles. The van der Waals surface area contributed by atoms with Gasteiger partial charge in [0, 0.05) is 35.1 Å². The third-order valence-corrected chi connectivity index (χ3v) is 6.48. The monoisotopic (exact) mass is 344 g/mol. The van der Waals surface area contributed by atoms with E-state index in [9.17, 15) is 14.3 Å². The van der Waals surface area contributed by atoms with E-state index in [4.69, 9.17) is 0 Å². The Hall–Kier alpha value is -1.88. The number of aliphatic hydroxyl groups excluding tert-OH is 1. The molecule has 0 radical (unpaired) electrons. The fourth-order valence-corrected chi connectivity index (χ4v) is 5.38. The zero-order valence-electron chi connectivity index (χ0n) is 15.0. The van der Waals surface area contributed by atoms with E-state index in [2.05, 4.69) is 18.8 Å². The van der Waals surface area contributed by atoms with Crippen molar-refractivity contribution in [2.75, 3.05) is 19.7 Å². The van der Waals surface area contributed by atoms with Gasteiger partial charge < -0.3 is 15.0 Å². The summed E-state index contributed by atoms with van der Waals surface area (Å²) in [6.07, 6.45) is 1.23. The summed E-state index contributed by atoms with van der Waals surface area (Å²) in [4.78, 5) is 18.0. The molecule has 5 heteroatoms. The van der Waals surface area contributed by atoms with Crippen molar-refractivity contribution in [2.24, 2.45) is 16.7 Å². The summed E-state index contributed by atoms with van der Waals surface area (Å²) in [5.74, 6) is 0.127. The molecule has 0 unspecified atom stereocenters. The minimum Gasteiger partial charge on any atom is -0.396 e. The normalized spacial score (nSPS) is 27.4. The first-order valence-electron chi connectivity index (χ1n) is 8.91. The van der Waals surface area contributed by atoms with E-state index in [0.29, 0.717) is 19.0 Å². The van der Waals surface area contributed by atoms with Crippen molar-refractivity contribution in [3.8, 4) is 0 Å². The van der Waals surface area contributed by atoms with Crippen molar-refractivity contribution < 1.29 is 14.3 Å². The number of benzene rings is 1. The Kier molecular flexibility index (Phi) is 3.52. The van der Waals surface area contributed by atoms with E-state index in [1.54, 1.807) is 6.07 Å². The average Bonchev–Trinajstić information content (AvgIpc) is 3.04. The number of carbonyl (C=O) groups excluding carboxylic acids is 1. The summed E-state index contributed by atoms with van der Waals surface area (Å²) in [7, 11) is 0. The number of aromatic amines is 1. The van der Waals surface area contributed by atoms with Gasteiger partial charge in [0.1, 0.15) is 5.82 Å². The Bertz CT molecular complexity index is 857. The molecule has 1 aliphatic heterocycles. The van der Waals surface area contributed by atoms with E-state index in [-0.39, 0.29) is 35.6 Å². The van der Waals surface area contributed by atoms with Crippen molar-refractivity contribution in [1.82, 2.24) is 9.88 Å². The van der Waals surface area contributed by atoms with Crippen molar-refractivity contribution in [3.05, 3.63) is 35.3 Å². The first kappa shape index (κ1) is 16.6. The molecule has 1 saturated heterocycles. The second-order valence-electron chi connectivity index (χ2n) is 8.61. The van der Waals surface area contributed by atoms with E-state index in [1.807, 2.05) is 11.8 Å². The number of hydrogen-bond acceptors (Lipinski definition) is 2. The summed E-state index contributed by atoms with van der Waals surface area (Å²) in [6.45, 7) is 7.83. The molecule has 2 atom stereocenters. The van der Waals surface area contributed by atoms with Gasteiger partial charge in [-0.2, -0.15) is 0 Å². The fourth-order valence-electron chi connectivity index (χ4n) is 5.38. The van der Waals surface area contributed by atoms with Gasteiger partial charge in [0.25, 0.3) is 0 Å². The second kappa shape index (κ2) is 5.31. The lowest BCUT2D eigenvalue weighted by Gasteiger charge is -2.55. The second-order valence-corrected chi connectivity index (χ2v) is 8.61. The van der Waals surface area contributed by atoms with Gasteiger partial charge in [-0.05, 0) is 48.4 Å². The molecule has 2 aliphatic rings. The fraction of sp³-hybridized carbons (Fsp3) is 0.550. The topological polar surface area (TPSA) is 56.3 Å². The van der Waals surface area contributed by atoms with Crippen LogP contribution in [0, 0.1) is 29.5 Å². The number of aryl methyl sites for hydroxylation is 1. The van der Waals surface area contributed by atoms with Crippen LogP contribution in [0.3, 0.4) is 0 Å². The lowest BCUT2D eigenvalue weighted by molar-refractivity contribution is -0.130. The molecule has 25 heavy (non-hydrogen) atoms. The number of aromatic nitrogens is 1. The van der Waals surface area contributed by atoms with Gasteiger partial charge in [-0.1, -0.05) is 13.8 Å². The lowest BCUT2D eigenvalue weighted by Crippen LogP contribution is -2.54. The van der Waals surface area contributed by atoms with Crippen LogP contribution in [-0.2, 0) is 11.2 Å². The third-order valence-electron chi connectivity index (χ3n) is 6.48. The maximum absolute atomic E-state index is 13.6. The zero-order valence-corrected chi connectivity index (χ0v) is 15.0. The number of amides is 1. The third kappa shape index (κ3) is 2.40. The Morgan fingerprint density at radius 2 is 2.20 bits per heavy atom. The molecule has 0 bridgehead atoms. The number of carbonyl (C=O) groups is 1. The van der Waals surface area contributed by atoms with E-state index in [1.165, 1.54) is 12.1 Å². The maximum atomic E-state index is 13.6. The number of halogens is 1. The molecule has 1 aromatic heterocycles. The first-order chi connectivity index (χ1) is 11.8. The highest BCUT2D eigenvalue weighted by Gasteiger charge is 2.62. The zero-order chi connectivity index (χ0) is 18.0. The molecule has 2 N–H and O–H groups in total. The molecule has 1 saturated carbocycles. The molecular weight excluding hydrogens is 319 g/mol. The minimum absolute atomic E-state index is 0.0614. The van der Waals surface area contributed by atoms with E-state index in [0.717, 1.165) is 28.6 Å². The number of nitrogens with zero attached hydrogens (tertiary/aromatic N) is 1. The summed E-state index contributed by atoms with van der Waals surface area (Å²) in [6, 6.07) is 4.63. The average molecular weight is 344 g/mol. The molecule has 2 heterocycles. The Balaban J connectivity index is 1.58. The first-order valence-corrected chi connectivity index (χ1v) is 8.91. The standard InChI is InChI=1S/C20H25FN2O2/c1-12-14(15-6-13(21)4-5-16(15)22-12)7-18(25)23-8-17-19(2,3)9-20(17,10-23)11-24/h4-6,17,22,24H,7-11H2,1-3H3/t17-,20-/m1/s1. The van der Waals surface area contributed by atoms with E-state index < -0.39 is 0 Å². The number of nitrogens with one attached hydrogen (secondary N) is 1. The van der Waals surface area contributed by atoms with Crippen LogP contribution in [0.1, 0.15) is 31.5 Å². The van der Waals surface area contributed by atoms with Crippen LogP contribution in [0.15, 0.2) is 18.2 Å². The van der Waals surface area contributed by atoms with Crippen molar-refractivity contribution in [3.63, 3.8) is 0 Å². The molecule has 134 valence electrons. The highest BCUT2D eigenvalue weighted by Crippen LogP contribution is 2.62. The maximum Gasteiger partial charge on any atom is 0.227 e. The number of likely N-dealkylation sites (tertiary alicyclic amines) is 1. The van der Waals surface area contributed by atoms with E-state index >= 15 is 0 Å². The number of rotatable bonds is 3. The minimum atomic E-state index is -0.291. The van der Waals surface area contributed by atoms with Crippen LogP contribution in [0.25, 0.3) is 10.9 Å². The number of fused-ring (bicyclic) bond motifs is 2. The summed E-state index contributed by atoms with van der Waals surface area (Å²) >= 11 is 0. The highest BCUT2D eigenvalue weighted by molar-refractivity contribution is 5.90. The highest BCUT2D eigenvalue weighted by atomic mass is 19.1. The molecule has 2 aromatic rings. The van der Waals surface area contributed by atoms with Gasteiger partial charge in [-0.25, -0.2) is 4.39 Å². The SMILES string of the molecule is Cc1[nH]c2ccc(F)cc2c1CC(=O)N1C[C@@H]2C(C)(C)C[C@]2(CO)C1.